The minimum Gasteiger partial charge on any atom is -0.461 e. The van der Waals surface area contributed by atoms with Crippen LogP contribution in [-0.4, -0.2) is 32.1 Å². The predicted molar refractivity (Wildman–Crippen MR) is 140 cm³/mol. The Balaban J connectivity index is 1.66. The Morgan fingerprint density at radius 1 is 0.889 bits per heavy atom. The fourth-order valence-electron chi connectivity index (χ4n) is 3.73. The molecule has 8 heteroatoms. The number of para-hydroxylation sites is 2. The lowest BCUT2D eigenvalue weighted by Crippen LogP contribution is -2.15. The van der Waals surface area contributed by atoms with E-state index in [0.717, 1.165) is 11.4 Å². The Hall–Kier alpha value is -4.81. The minimum atomic E-state index is -0.630. The number of hydrogen-bond acceptors (Lipinski definition) is 4. The highest BCUT2D eigenvalue weighted by Crippen LogP contribution is 2.12. The quantitative estimate of drug-likeness (QED) is 0.222. The van der Waals surface area contributed by atoms with E-state index in [0.29, 0.717) is 17.7 Å². The lowest BCUT2D eigenvalue weighted by atomic mass is 10.2. The van der Waals surface area contributed by atoms with Crippen molar-refractivity contribution in [3.05, 3.63) is 122 Å². The van der Waals surface area contributed by atoms with Crippen molar-refractivity contribution in [1.82, 2.24) is 19.6 Å². The molecule has 0 bridgehead atoms. The number of aromatic nitrogens is 4. The molecule has 4 aromatic rings. The van der Waals surface area contributed by atoms with Crippen LogP contribution in [0, 0.1) is 0 Å². The highest BCUT2D eigenvalue weighted by molar-refractivity contribution is 5.91. The number of ether oxygens (including phenoxy) is 1. The summed E-state index contributed by atoms with van der Waals surface area (Å²) < 4.78 is 7.90. The zero-order valence-corrected chi connectivity index (χ0v) is 20.0. The molecule has 0 radical (unpaired) electrons. The Kier molecular flexibility index (Phi) is 7.48. The van der Waals surface area contributed by atoms with Gasteiger partial charge in [0.2, 0.25) is 0 Å². The smallest absolute Gasteiger partial charge is 0.357 e. The fraction of sp³-hybridized carbons (Fsp3) is 0.143. The van der Waals surface area contributed by atoms with Crippen molar-refractivity contribution in [3.63, 3.8) is 0 Å². The molecule has 0 aliphatic heterocycles. The van der Waals surface area contributed by atoms with Crippen molar-refractivity contribution in [3.8, 4) is 11.4 Å². The number of esters is 1. The average molecular weight is 483 g/mol. The van der Waals surface area contributed by atoms with Crippen LogP contribution in [0.5, 0.6) is 0 Å². The molecule has 0 atom stereocenters. The summed E-state index contributed by atoms with van der Waals surface area (Å²) in [6.07, 6.45) is 7.02. The van der Waals surface area contributed by atoms with E-state index in [1.165, 1.54) is 15.4 Å². The molecule has 2 N–H and O–H groups in total. The molecular formula is C28H26N4O4. The van der Waals surface area contributed by atoms with Crippen molar-refractivity contribution in [1.29, 1.82) is 0 Å². The maximum Gasteiger partial charge on any atom is 0.357 e. The topological polar surface area (TPSA) is 102 Å². The van der Waals surface area contributed by atoms with Gasteiger partial charge in [0.15, 0.2) is 5.69 Å². The van der Waals surface area contributed by atoms with Gasteiger partial charge in [-0.05, 0) is 55.8 Å². The van der Waals surface area contributed by atoms with Crippen LogP contribution >= 0.6 is 0 Å². The second-order valence-corrected chi connectivity index (χ2v) is 7.77. The van der Waals surface area contributed by atoms with E-state index in [4.69, 9.17) is 4.74 Å². The molecule has 2 aromatic heterocycles. The Morgan fingerprint density at radius 3 is 2.06 bits per heavy atom. The first-order valence-electron chi connectivity index (χ1n) is 11.6. The molecule has 2 aromatic carbocycles. The van der Waals surface area contributed by atoms with Crippen LogP contribution in [0.2, 0.25) is 0 Å². The number of aromatic amines is 2. The zero-order chi connectivity index (χ0) is 25.5. The molecule has 2 heterocycles. The molecule has 182 valence electrons. The molecule has 0 amide bonds. The third kappa shape index (κ3) is 4.99. The largest absolute Gasteiger partial charge is 0.461 e. The molecular weight excluding hydrogens is 456 g/mol. The van der Waals surface area contributed by atoms with Gasteiger partial charge in [-0.25, -0.2) is 14.2 Å². The molecule has 36 heavy (non-hydrogen) atoms. The monoisotopic (exact) mass is 482 g/mol. The highest BCUT2D eigenvalue weighted by atomic mass is 16.5. The van der Waals surface area contributed by atoms with Crippen LogP contribution in [-0.2, 0) is 11.2 Å². The van der Waals surface area contributed by atoms with Crippen molar-refractivity contribution in [2.75, 3.05) is 6.61 Å². The maximum absolute atomic E-state index is 13.0. The van der Waals surface area contributed by atoms with Crippen LogP contribution in [0.1, 0.15) is 41.2 Å². The SMILES string of the molecule is CCOC(=O)c1[nH]n(-c2ccccc2)c(=O)c1C=C=CC=Cc1c(CC)[nH]n(-c2ccccc2)c1=O. The molecule has 0 saturated heterocycles. The summed E-state index contributed by atoms with van der Waals surface area (Å²) in [5, 5.41) is 5.99. The number of aryl methyl sites for hydroxylation is 1. The first-order valence-corrected chi connectivity index (χ1v) is 11.6. The number of hydrogen-bond donors (Lipinski definition) is 2. The standard InChI is InChI=1S/C28H26N4O4/c1-3-24-22(26(33)31(29-24)20-14-8-5-9-15-20)18-12-7-13-19-23-25(28(35)36-4-2)30-32(27(23)34)21-16-10-6-11-17-21/h5-12,14-19,29-30H,3-4H2,1-2H3. The van der Waals surface area contributed by atoms with Gasteiger partial charge in [0, 0.05) is 5.69 Å². The van der Waals surface area contributed by atoms with Gasteiger partial charge >= 0.3 is 5.97 Å². The number of rotatable bonds is 8. The van der Waals surface area contributed by atoms with Gasteiger partial charge in [0.05, 0.1) is 29.1 Å². The molecule has 0 fully saturated rings. The lowest BCUT2D eigenvalue weighted by Gasteiger charge is -2.01. The summed E-state index contributed by atoms with van der Waals surface area (Å²) in [7, 11) is 0. The van der Waals surface area contributed by atoms with E-state index >= 15 is 0 Å². The van der Waals surface area contributed by atoms with Gasteiger partial charge in [0.25, 0.3) is 11.1 Å². The van der Waals surface area contributed by atoms with Crippen LogP contribution in [0.25, 0.3) is 23.5 Å². The summed E-state index contributed by atoms with van der Waals surface area (Å²) >= 11 is 0. The number of nitrogens with one attached hydrogen (secondary N) is 2. The van der Waals surface area contributed by atoms with Gasteiger partial charge in [-0.15, -0.1) is 5.73 Å². The Labute approximate surface area is 207 Å². The van der Waals surface area contributed by atoms with E-state index in [9.17, 15) is 14.4 Å². The summed E-state index contributed by atoms with van der Waals surface area (Å²) in [5.74, 6) is -0.630. The Bertz CT molecular complexity index is 1560. The third-order valence-electron chi connectivity index (χ3n) is 5.48. The molecule has 0 aliphatic carbocycles. The average Bonchev–Trinajstić information content (AvgIpc) is 3.41. The second-order valence-electron chi connectivity index (χ2n) is 7.77. The van der Waals surface area contributed by atoms with Gasteiger partial charge < -0.3 is 4.74 Å². The third-order valence-corrected chi connectivity index (χ3v) is 5.48. The van der Waals surface area contributed by atoms with E-state index in [1.54, 1.807) is 49.4 Å². The van der Waals surface area contributed by atoms with E-state index in [2.05, 4.69) is 15.9 Å². The predicted octanol–water partition coefficient (Wildman–Crippen LogP) is 4.27. The Morgan fingerprint density at radius 2 is 1.47 bits per heavy atom. The number of benzene rings is 2. The van der Waals surface area contributed by atoms with E-state index in [1.807, 2.05) is 43.3 Å². The molecule has 0 saturated carbocycles. The molecule has 4 rings (SSSR count). The molecule has 8 nitrogen and oxygen atoms in total. The fourth-order valence-corrected chi connectivity index (χ4v) is 3.73. The van der Waals surface area contributed by atoms with Crippen LogP contribution in [0.4, 0.5) is 0 Å². The van der Waals surface area contributed by atoms with Crippen molar-refractivity contribution in [2.45, 2.75) is 20.3 Å². The van der Waals surface area contributed by atoms with Crippen molar-refractivity contribution >= 4 is 18.1 Å². The van der Waals surface area contributed by atoms with E-state index < -0.39 is 11.5 Å². The highest BCUT2D eigenvalue weighted by Gasteiger charge is 2.20. The van der Waals surface area contributed by atoms with Crippen molar-refractivity contribution in [2.24, 2.45) is 0 Å². The normalized spacial score (nSPS) is 10.8. The van der Waals surface area contributed by atoms with Crippen LogP contribution in [0.15, 0.2) is 88.1 Å². The van der Waals surface area contributed by atoms with Gasteiger partial charge in [0.1, 0.15) is 0 Å². The summed E-state index contributed by atoms with van der Waals surface area (Å²) in [4.78, 5) is 38.4. The lowest BCUT2D eigenvalue weighted by molar-refractivity contribution is 0.0518. The molecule has 0 unspecified atom stereocenters. The van der Waals surface area contributed by atoms with Crippen LogP contribution in [0.3, 0.4) is 0 Å². The zero-order valence-electron chi connectivity index (χ0n) is 20.0. The van der Waals surface area contributed by atoms with Crippen LogP contribution < -0.4 is 11.1 Å². The van der Waals surface area contributed by atoms with Gasteiger partial charge in [-0.3, -0.25) is 19.8 Å². The summed E-state index contributed by atoms with van der Waals surface area (Å²) in [5.41, 5.74) is 5.21. The molecule has 0 spiro atoms. The number of nitrogens with zero attached hydrogens (tertiary/aromatic N) is 2. The maximum atomic E-state index is 13.0. The molecule has 0 aliphatic rings. The first kappa shape index (κ1) is 24.3. The van der Waals surface area contributed by atoms with Gasteiger partial charge in [-0.2, -0.15) is 0 Å². The number of H-pyrrole nitrogens is 2. The summed E-state index contributed by atoms with van der Waals surface area (Å²) in [6.45, 7) is 3.84. The van der Waals surface area contributed by atoms with Gasteiger partial charge in [-0.1, -0.05) is 49.4 Å². The minimum absolute atomic E-state index is 0.0419. The van der Waals surface area contributed by atoms with E-state index in [-0.39, 0.29) is 23.4 Å². The number of carbonyl (C=O) groups excluding carboxylic acids is 1. The summed E-state index contributed by atoms with van der Waals surface area (Å²) in [6, 6.07) is 18.3. The first-order chi connectivity index (χ1) is 17.5. The number of allylic oxidation sites excluding steroid dienone is 2. The van der Waals surface area contributed by atoms with Crippen molar-refractivity contribution < 1.29 is 9.53 Å². The number of carbonyl (C=O) groups is 1. The second kappa shape index (κ2) is 11.1.